The number of carboxylic acids is 2. The van der Waals surface area contributed by atoms with Crippen molar-refractivity contribution in [2.75, 3.05) is 0 Å². The number of nitrogens with two attached hydrogens (primary N) is 1. The van der Waals surface area contributed by atoms with E-state index in [0.29, 0.717) is 11.1 Å². The number of hydrogen-bond donors (Lipinski definition) is 8. The Labute approximate surface area is 236 Å². The summed E-state index contributed by atoms with van der Waals surface area (Å²) in [5, 5.41) is 44.8. The molecule has 41 heavy (non-hydrogen) atoms. The highest BCUT2D eigenvalue weighted by Crippen LogP contribution is 2.14. The second kappa shape index (κ2) is 15.2. The molecule has 3 amide bonds. The molecule has 0 aliphatic carbocycles. The fraction of sp³-hybridized carbons (Fsp3) is 0.393. The lowest BCUT2D eigenvalue weighted by Crippen LogP contribution is -2.59. The number of phenols is 2. The molecule has 4 unspecified atom stereocenters. The van der Waals surface area contributed by atoms with E-state index in [1.165, 1.54) is 24.3 Å². The Morgan fingerprint density at radius 3 is 1.66 bits per heavy atom. The predicted octanol–water partition coefficient (Wildman–Crippen LogP) is 0.270. The highest BCUT2D eigenvalue weighted by atomic mass is 16.4. The van der Waals surface area contributed by atoms with E-state index in [-0.39, 0.29) is 30.8 Å². The number of benzene rings is 2. The normalized spacial score (nSPS) is 13.9. The molecular formula is C28H36N4O9. The number of nitrogens with one attached hydrogen (secondary N) is 3. The molecule has 2 rings (SSSR count). The monoisotopic (exact) mass is 572 g/mol. The fourth-order valence-electron chi connectivity index (χ4n) is 3.91. The number of amides is 3. The lowest BCUT2D eigenvalue weighted by atomic mass is 9.99. The standard InChI is InChI=1S/C28H36N4O9/c1-15(2)24(27(39)30-21(28(40)41)11-12-23(35)36)32-26(38)22(14-17-5-9-19(34)10-6-17)31-25(37)20(29)13-16-3-7-18(33)8-4-16/h3-10,15,20-22,24,33-34H,11-14,29H2,1-2H3,(H,30,39)(H,31,37)(H,32,38)(H,35,36)(H,40,41). The van der Waals surface area contributed by atoms with Gasteiger partial charge in [-0.2, -0.15) is 0 Å². The molecule has 0 aromatic heterocycles. The smallest absolute Gasteiger partial charge is 0.326 e. The van der Waals surface area contributed by atoms with Gasteiger partial charge >= 0.3 is 11.9 Å². The molecule has 0 saturated heterocycles. The van der Waals surface area contributed by atoms with E-state index in [1.807, 2.05) is 0 Å². The number of carbonyl (C=O) groups is 5. The van der Waals surface area contributed by atoms with Crippen LogP contribution in [-0.2, 0) is 36.8 Å². The lowest BCUT2D eigenvalue weighted by Gasteiger charge is -2.27. The highest BCUT2D eigenvalue weighted by molar-refractivity contribution is 5.94. The summed E-state index contributed by atoms with van der Waals surface area (Å²) >= 11 is 0. The minimum absolute atomic E-state index is 0.00197. The van der Waals surface area contributed by atoms with E-state index in [4.69, 9.17) is 10.8 Å². The maximum Gasteiger partial charge on any atom is 0.326 e. The van der Waals surface area contributed by atoms with Crippen LogP contribution in [0.5, 0.6) is 11.5 Å². The summed E-state index contributed by atoms with van der Waals surface area (Å²) in [5.74, 6) is -5.32. The maximum atomic E-state index is 13.4. The van der Waals surface area contributed by atoms with Crippen molar-refractivity contribution in [3.05, 3.63) is 59.7 Å². The number of carbonyl (C=O) groups excluding carboxylic acids is 3. The molecule has 9 N–H and O–H groups in total. The van der Waals surface area contributed by atoms with Crippen LogP contribution in [0, 0.1) is 5.92 Å². The summed E-state index contributed by atoms with van der Waals surface area (Å²) in [6, 6.07) is 7.12. The SMILES string of the molecule is CC(C)C(NC(=O)C(Cc1ccc(O)cc1)NC(=O)C(N)Cc1ccc(O)cc1)C(=O)NC(CCC(=O)O)C(=O)O. The van der Waals surface area contributed by atoms with Gasteiger partial charge in [0, 0.05) is 12.8 Å². The third-order valence-electron chi connectivity index (χ3n) is 6.25. The van der Waals surface area contributed by atoms with E-state index in [0.717, 1.165) is 0 Å². The Morgan fingerprint density at radius 1 is 0.707 bits per heavy atom. The van der Waals surface area contributed by atoms with Crippen LogP contribution in [0.1, 0.15) is 37.8 Å². The van der Waals surface area contributed by atoms with Gasteiger partial charge in [-0.05, 0) is 54.2 Å². The number of phenolic OH excluding ortho intramolecular Hbond substituents is 2. The zero-order valence-corrected chi connectivity index (χ0v) is 22.7. The van der Waals surface area contributed by atoms with Crippen LogP contribution >= 0.6 is 0 Å². The molecule has 222 valence electrons. The molecule has 0 bridgehead atoms. The average molecular weight is 573 g/mol. The number of hydrogen-bond acceptors (Lipinski definition) is 8. The predicted molar refractivity (Wildman–Crippen MR) is 147 cm³/mol. The zero-order valence-electron chi connectivity index (χ0n) is 22.7. The molecule has 13 heteroatoms. The molecule has 0 spiro atoms. The van der Waals surface area contributed by atoms with Crippen LogP contribution in [0.15, 0.2) is 48.5 Å². The number of rotatable bonds is 15. The van der Waals surface area contributed by atoms with Crippen LogP contribution in [0.4, 0.5) is 0 Å². The van der Waals surface area contributed by atoms with Gasteiger partial charge in [-0.3, -0.25) is 19.2 Å². The van der Waals surface area contributed by atoms with Gasteiger partial charge in [0.25, 0.3) is 0 Å². The summed E-state index contributed by atoms with van der Waals surface area (Å²) in [6.45, 7) is 3.25. The van der Waals surface area contributed by atoms with Crippen molar-refractivity contribution in [1.82, 2.24) is 16.0 Å². The summed E-state index contributed by atoms with van der Waals surface area (Å²) in [5.41, 5.74) is 7.34. The number of carboxylic acid groups (broad SMARTS) is 2. The van der Waals surface area contributed by atoms with Crippen molar-refractivity contribution >= 4 is 29.7 Å². The van der Waals surface area contributed by atoms with Crippen LogP contribution < -0.4 is 21.7 Å². The first-order valence-corrected chi connectivity index (χ1v) is 12.9. The number of aliphatic carboxylic acids is 2. The molecule has 0 radical (unpaired) electrons. The molecule has 13 nitrogen and oxygen atoms in total. The Hall–Kier alpha value is -4.65. The molecule has 4 atom stereocenters. The van der Waals surface area contributed by atoms with Gasteiger partial charge in [0.05, 0.1) is 6.04 Å². The molecule has 2 aromatic carbocycles. The van der Waals surface area contributed by atoms with Gasteiger partial charge in [-0.15, -0.1) is 0 Å². The molecular weight excluding hydrogens is 536 g/mol. The molecule has 0 heterocycles. The lowest BCUT2D eigenvalue weighted by molar-refractivity contribution is -0.143. The summed E-state index contributed by atoms with van der Waals surface area (Å²) in [4.78, 5) is 61.8. The molecule has 2 aromatic rings. The van der Waals surface area contributed by atoms with E-state index in [2.05, 4.69) is 16.0 Å². The van der Waals surface area contributed by atoms with E-state index >= 15 is 0 Å². The van der Waals surface area contributed by atoms with E-state index < -0.39 is 66.2 Å². The van der Waals surface area contributed by atoms with Gasteiger partial charge in [0.15, 0.2) is 0 Å². The minimum Gasteiger partial charge on any atom is -0.508 e. The van der Waals surface area contributed by atoms with Crippen molar-refractivity contribution in [3.63, 3.8) is 0 Å². The quantitative estimate of drug-likeness (QED) is 0.145. The fourth-order valence-corrected chi connectivity index (χ4v) is 3.91. The highest BCUT2D eigenvalue weighted by Gasteiger charge is 2.32. The first kappa shape index (κ1) is 32.6. The summed E-state index contributed by atoms with van der Waals surface area (Å²) < 4.78 is 0. The molecule has 0 fully saturated rings. The maximum absolute atomic E-state index is 13.4. The number of aromatic hydroxyl groups is 2. The topological polar surface area (TPSA) is 228 Å². The summed E-state index contributed by atoms with van der Waals surface area (Å²) in [6.07, 6.45) is -0.745. The van der Waals surface area contributed by atoms with Crippen LogP contribution in [0.3, 0.4) is 0 Å². The van der Waals surface area contributed by atoms with Crippen LogP contribution in [0.2, 0.25) is 0 Å². The van der Waals surface area contributed by atoms with Gasteiger partial charge in [-0.25, -0.2) is 4.79 Å². The minimum atomic E-state index is -1.48. The third-order valence-corrected chi connectivity index (χ3v) is 6.25. The van der Waals surface area contributed by atoms with Crippen molar-refractivity contribution in [2.24, 2.45) is 11.7 Å². The van der Waals surface area contributed by atoms with Gasteiger partial charge < -0.3 is 42.1 Å². The second-order valence-electron chi connectivity index (χ2n) is 9.97. The van der Waals surface area contributed by atoms with Crippen molar-refractivity contribution < 1.29 is 44.4 Å². The van der Waals surface area contributed by atoms with Gasteiger partial charge in [-0.1, -0.05) is 38.1 Å². The molecule has 0 aliphatic heterocycles. The van der Waals surface area contributed by atoms with Gasteiger partial charge in [0.1, 0.15) is 29.6 Å². The Kier molecular flexibility index (Phi) is 12.1. The second-order valence-corrected chi connectivity index (χ2v) is 9.97. The first-order chi connectivity index (χ1) is 19.3. The molecule has 0 aliphatic rings. The zero-order chi connectivity index (χ0) is 30.7. The average Bonchev–Trinajstić information content (AvgIpc) is 2.90. The largest absolute Gasteiger partial charge is 0.508 e. The van der Waals surface area contributed by atoms with Crippen molar-refractivity contribution in [2.45, 2.75) is 63.7 Å². The third kappa shape index (κ3) is 10.8. The van der Waals surface area contributed by atoms with Crippen LogP contribution in [-0.4, -0.2) is 74.3 Å². The summed E-state index contributed by atoms with van der Waals surface area (Å²) in [7, 11) is 0. The van der Waals surface area contributed by atoms with Crippen LogP contribution in [0.25, 0.3) is 0 Å². The Morgan fingerprint density at radius 2 is 1.20 bits per heavy atom. The Bertz CT molecular complexity index is 1220. The van der Waals surface area contributed by atoms with Gasteiger partial charge in [0.2, 0.25) is 17.7 Å². The Balaban J connectivity index is 2.21. The van der Waals surface area contributed by atoms with E-state index in [9.17, 15) is 39.3 Å². The molecule has 0 saturated carbocycles. The van der Waals surface area contributed by atoms with Crippen molar-refractivity contribution in [3.8, 4) is 11.5 Å². The van der Waals surface area contributed by atoms with E-state index in [1.54, 1.807) is 38.1 Å². The first-order valence-electron chi connectivity index (χ1n) is 12.9. The van der Waals surface area contributed by atoms with Crippen molar-refractivity contribution in [1.29, 1.82) is 0 Å².